The topological polar surface area (TPSA) is 68.9 Å². The molecule has 0 saturated heterocycles. The molecule has 2 rings (SSSR count). The predicted octanol–water partition coefficient (Wildman–Crippen LogP) is 3.62. The maximum absolute atomic E-state index is 10.8. The van der Waals surface area contributed by atoms with Crippen molar-refractivity contribution < 1.29 is 4.92 Å². The van der Waals surface area contributed by atoms with Gasteiger partial charge in [0.1, 0.15) is 5.15 Å². The average molecular weight is 376 g/mol. The van der Waals surface area contributed by atoms with E-state index in [0.717, 1.165) is 9.13 Å². The lowest BCUT2D eigenvalue weighted by Crippen LogP contribution is -1.95. The predicted molar refractivity (Wildman–Crippen MR) is 76.6 cm³/mol. The number of nitro groups is 1. The van der Waals surface area contributed by atoms with Crippen LogP contribution in [-0.2, 0) is 0 Å². The molecule has 1 aromatic carbocycles. The van der Waals surface area contributed by atoms with Crippen LogP contribution in [0.2, 0.25) is 5.15 Å². The molecule has 0 radical (unpaired) electrons. The second-order valence-corrected chi connectivity index (χ2v) is 5.11. The molecule has 0 aliphatic carbocycles. The molecule has 0 saturated carbocycles. The normalized spacial score (nSPS) is 10.4. The first-order valence-corrected chi connectivity index (χ1v) is 6.38. The van der Waals surface area contributed by atoms with E-state index in [9.17, 15) is 10.1 Å². The van der Waals surface area contributed by atoms with Gasteiger partial charge in [0.05, 0.1) is 8.49 Å². The van der Waals surface area contributed by atoms with Crippen molar-refractivity contribution in [3.8, 4) is 11.4 Å². The lowest BCUT2D eigenvalue weighted by atomic mass is 10.1. The molecule has 0 unspecified atom stereocenters. The highest BCUT2D eigenvalue weighted by atomic mass is 127. The van der Waals surface area contributed by atoms with E-state index in [0.29, 0.717) is 16.5 Å². The Labute approximate surface area is 122 Å². The molecule has 1 aromatic heterocycles. The molecule has 18 heavy (non-hydrogen) atoms. The molecule has 1 heterocycles. The van der Waals surface area contributed by atoms with Crippen molar-refractivity contribution >= 4 is 39.9 Å². The van der Waals surface area contributed by atoms with E-state index in [2.05, 4.69) is 9.97 Å². The number of benzene rings is 1. The number of halogens is 2. The molecule has 0 aliphatic heterocycles. The highest BCUT2D eigenvalue weighted by Gasteiger charge is 2.13. The first-order chi connectivity index (χ1) is 8.49. The minimum absolute atomic E-state index is 0.00822. The van der Waals surface area contributed by atoms with Crippen LogP contribution in [0.1, 0.15) is 5.56 Å². The first-order valence-electron chi connectivity index (χ1n) is 4.92. The third kappa shape index (κ3) is 2.59. The standard InChI is InChI=1S/C11H7ClIN3O2/c1-6-2-3-7(16(17)18)4-8(6)11-14-5-9(13)10(12)15-11/h2-5H,1H3. The van der Waals surface area contributed by atoms with Crippen LogP contribution in [-0.4, -0.2) is 14.9 Å². The van der Waals surface area contributed by atoms with Gasteiger partial charge in [0.25, 0.3) is 5.69 Å². The van der Waals surface area contributed by atoms with Gasteiger partial charge in [-0.05, 0) is 35.1 Å². The average Bonchev–Trinajstić information content (AvgIpc) is 2.33. The van der Waals surface area contributed by atoms with Crippen molar-refractivity contribution in [3.63, 3.8) is 0 Å². The van der Waals surface area contributed by atoms with Gasteiger partial charge in [0, 0.05) is 23.9 Å². The molecule has 0 N–H and O–H groups in total. The number of aryl methyl sites for hydroxylation is 1. The van der Waals surface area contributed by atoms with Gasteiger partial charge in [-0.25, -0.2) is 9.97 Å². The van der Waals surface area contributed by atoms with Gasteiger partial charge in [0.2, 0.25) is 0 Å². The third-order valence-corrected chi connectivity index (χ3v) is 3.77. The second-order valence-electron chi connectivity index (χ2n) is 3.59. The molecular weight excluding hydrogens is 368 g/mol. The fourth-order valence-corrected chi connectivity index (χ4v) is 1.83. The zero-order valence-corrected chi connectivity index (χ0v) is 12.1. The summed E-state index contributed by atoms with van der Waals surface area (Å²) in [6.07, 6.45) is 1.59. The summed E-state index contributed by atoms with van der Waals surface area (Å²) < 4.78 is 0.737. The lowest BCUT2D eigenvalue weighted by molar-refractivity contribution is -0.384. The number of nitro benzene ring substituents is 1. The third-order valence-electron chi connectivity index (χ3n) is 2.37. The van der Waals surface area contributed by atoms with E-state index in [1.165, 1.54) is 12.1 Å². The Hall–Kier alpha value is -1.28. The molecule has 0 atom stereocenters. The molecule has 0 fully saturated rings. The van der Waals surface area contributed by atoms with Crippen molar-refractivity contribution in [2.75, 3.05) is 0 Å². The van der Waals surface area contributed by atoms with E-state index in [1.807, 2.05) is 29.5 Å². The highest BCUT2D eigenvalue weighted by molar-refractivity contribution is 14.1. The molecular formula is C11H7ClIN3O2. The van der Waals surface area contributed by atoms with Gasteiger partial charge in [-0.3, -0.25) is 10.1 Å². The van der Waals surface area contributed by atoms with Crippen LogP contribution in [0.4, 0.5) is 5.69 Å². The Kier molecular flexibility index (Phi) is 3.76. The van der Waals surface area contributed by atoms with Crippen molar-refractivity contribution in [1.29, 1.82) is 0 Å². The number of hydrogen-bond donors (Lipinski definition) is 0. The van der Waals surface area contributed by atoms with Crippen LogP contribution in [0.3, 0.4) is 0 Å². The summed E-state index contributed by atoms with van der Waals surface area (Å²) in [7, 11) is 0. The summed E-state index contributed by atoms with van der Waals surface area (Å²) in [6, 6.07) is 4.57. The van der Waals surface area contributed by atoms with Gasteiger partial charge >= 0.3 is 0 Å². The summed E-state index contributed by atoms with van der Waals surface area (Å²) in [5, 5.41) is 11.1. The number of aromatic nitrogens is 2. The monoisotopic (exact) mass is 375 g/mol. The molecule has 0 bridgehead atoms. The molecule has 0 aliphatic rings. The second kappa shape index (κ2) is 5.15. The largest absolute Gasteiger partial charge is 0.270 e. The summed E-state index contributed by atoms with van der Waals surface area (Å²) in [6.45, 7) is 1.84. The fraction of sp³-hybridized carbons (Fsp3) is 0.0909. The molecule has 0 spiro atoms. The van der Waals surface area contributed by atoms with Crippen LogP contribution < -0.4 is 0 Å². The quantitative estimate of drug-likeness (QED) is 0.348. The smallest absolute Gasteiger partial charge is 0.258 e. The number of nitrogens with zero attached hydrogens (tertiary/aromatic N) is 3. The molecule has 0 amide bonds. The number of non-ortho nitro benzene ring substituents is 1. The first kappa shape index (κ1) is 13.2. The lowest BCUT2D eigenvalue weighted by Gasteiger charge is -2.05. The zero-order chi connectivity index (χ0) is 13.3. The van der Waals surface area contributed by atoms with Gasteiger partial charge < -0.3 is 0 Å². The van der Waals surface area contributed by atoms with Gasteiger partial charge in [-0.1, -0.05) is 17.7 Å². The van der Waals surface area contributed by atoms with Crippen LogP contribution >= 0.6 is 34.2 Å². The van der Waals surface area contributed by atoms with Gasteiger partial charge in [-0.2, -0.15) is 0 Å². The van der Waals surface area contributed by atoms with E-state index in [4.69, 9.17) is 11.6 Å². The van der Waals surface area contributed by atoms with Gasteiger partial charge in [-0.15, -0.1) is 0 Å². The highest BCUT2D eigenvalue weighted by Crippen LogP contribution is 2.26. The van der Waals surface area contributed by atoms with E-state index < -0.39 is 4.92 Å². The summed E-state index contributed by atoms with van der Waals surface area (Å²) >= 11 is 7.95. The van der Waals surface area contributed by atoms with Crippen molar-refractivity contribution in [2.45, 2.75) is 6.92 Å². The van der Waals surface area contributed by atoms with E-state index >= 15 is 0 Å². The Bertz CT molecular complexity index is 634. The Morgan fingerprint density at radius 3 is 2.78 bits per heavy atom. The molecule has 92 valence electrons. The van der Waals surface area contributed by atoms with Crippen LogP contribution in [0.15, 0.2) is 24.4 Å². The van der Waals surface area contributed by atoms with Crippen molar-refractivity contribution in [2.24, 2.45) is 0 Å². The van der Waals surface area contributed by atoms with E-state index in [1.54, 1.807) is 12.3 Å². The zero-order valence-electron chi connectivity index (χ0n) is 9.22. The van der Waals surface area contributed by atoms with Crippen LogP contribution in [0.25, 0.3) is 11.4 Å². The van der Waals surface area contributed by atoms with Crippen LogP contribution in [0.5, 0.6) is 0 Å². The Morgan fingerprint density at radius 1 is 1.44 bits per heavy atom. The van der Waals surface area contributed by atoms with E-state index in [-0.39, 0.29) is 5.69 Å². The Morgan fingerprint density at radius 2 is 2.17 bits per heavy atom. The molecule has 2 aromatic rings. The number of hydrogen-bond acceptors (Lipinski definition) is 4. The van der Waals surface area contributed by atoms with Crippen molar-refractivity contribution in [3.05, 3.63) is 48.8 Å². The fourth-order valence-electron chi connectivity index (χ4n) is 1.44. The Balaban J connectivity index is 2.58. The maximum Gasteiger partial charge on any atom is 0.270 e. The minimum atomic E-state index is -0.447. The summed E-state index contributed by atoms with van der Waals surface area (Å²) in [5.41, 5.74) is 1.48. The van der Waals surface area contributed by atoms with Crippen molar-refractivity contribution in [1.82, 2.24) is 9.97 Å². The summed E-state index contributed by atoms with van der Waals surface area (Å²) in [5.74, 6) is 0.390. The SMILES string of the molecule is Cc1ccc([N+](=O)[O-])cc1-c1ncc(I)c(Cl)n1. The molecule has 5 nitrogen and oxygen atoms in total. The molecule has 7 heteroatoms. The maximum atomic E-state index is 10.8. The minimum Gasteiger partial charge on any atom is -0.258 e. The number of rotatable bonds is 2. The van der Waals surface area contributed by atoms with Gasteiger partial charge in [0.15, 0.2) is 5.82 Å². The summed E-state index contributed by atoms with van der Waals surface area (Å²) in [4.78, 5) is 18.6. The van der Waals surface area contributed by atoms with Crippen LogP contribution in [0, 0.1) is 20.6 Å².